The van der Waals surface area contributed by atoms with Gasteiger partial charge in [0.15, 0.2) is 0 Å². The third-order valence-corrected chi connectivity index (χ3v) is 27.0. The molecule has 0 spiro atoms. The fraction of sp³-hybridized carbons (Fsp3) is 0.0667. The molecule has 6 rings (SSSR count). The molecule has 0 saturated heterocycles. The molecule has 2 aliphatic rings. The molecule has 0 amide bonds. The van der Waals surface area contributed by atoms with Crippen LogP contribution in [0.1, 0.15) is 14.8 Å². The Hall–Kier alpha value is -1.96. The van der Waals surface area contributed by atoms with Crippen LogP contribution in [0, 0.1) is 0 Å². The Morgan fingerprint density at radius 2 is 0.912 bits per heavy atom. The van der Waals surface area contributed by atoms with Crippen LogP contribution in [0.25, 0.3) is 11.1 Å². The summed E-state index contributed by atoms with van der Waals surface area (Å²) >= 11 is -2.26. The van der Waals surface area contributed by atoms with Gasteiger partial charge in [0.25, 0.3) is 0 Å². The molecule has 0 fully saturated rings. The number of rotatable bonds is 4. The van der Waals surface area contributed by atoms with Gasteiger partial charge in [-0.3, -0.25) is 0 Å². The van der Waals surface area contributed by atoms with Crippen LogP contribution in [0.2, 0.25) is 3.63 Å². The van der Waals surface area contributed by atoms with Gasteiger partial charge in [-0.15, -0.1) is 0 Å². The minimum absolute atomic E-state index is 0. The fourth-order valence-electron chi connectivity index (χ4n) is 5.34. The molecule has 4 aromatic rings. The molecule has 4 heteroatoms. The quantitative estimate of drug-likeness (QED) is 0.304. The average molecular weight is 575 g/mol. The Balaban J connectivity index is 0.00000137. The smallest absolute Gasteiger partial charge is 1.00 e. The first-order chi connectivity index (χ1) is 15.9. The van der Waals surface area contributed by atoms with Gasteiger partial charge in [0, 0.05) is 0 Å². The summed E-state index contributed by atoms with van der Waals surface area (Å²) in [5.74, 6) is 0. The van der Waals surface area contributed by atoms with Gasteiger partial charge in [0.05, 0.1) is 0 Å². The summed E-state index contributed by atoms with van der Waals surface area (Å²) in [6, 6.07) is 41.3. The van der Waals surface area contributed by atoms with Crippen molar-refractivity contribution in [1.82, 2.24) is 0 Å². The van der Waals surface area contributed by atoms with Gasteiger partial charge < -0.3 is 24.8 Å². The predicted octanol–water partition coefficient (Wildman–Crippen LogP) is 0.103. The molecule has 0 aromatic heterocycles. The Labute approximate surface area is 222 Å². The Morgan fingerprint density at radius 3 is 1.38 bits per heavy atom. The van der Waals surface area contributed by atoms with E-state index in [1.807, 2.05) is 0 Å². The van der Waals surface area contributed by atoms with Crippen molar-refractivity contribution in [3.8, 4) is 11.1 Å². The van der Waals surface area contributed by atoms with Gasteiger partial charge in [-0.25, -0.2) is 0 Å². The summed E-state index contributed by atoms with van der Waals surface area (Å²) in [6.07, 6.45) is 9.59. The van der Waals surface area contributed by atoms with Crippen molar-refractivity contribution in [3.05, 3.63) is 145 Å². The number of allylic oxidation sites excluding steroid dienone is 4. The van der Waals surface area contributed by atoms with Crippen molar-refractivity contribution >= 4 is 15.8 Å². The molecule has 0 saturated carbocycles. The second-order valence-corrected chi connectivity index (χ2v) is 22.8. The molecular weight excluding hydrogens is 551 g/mol. The van der Waals surface area contributed by atoms with E-state index in [0.717, 1.165) is 0 Å². The van der Waals surface area contributed by atoms with Crippen LogP contribution >= 0.6 is 0 Å². The zero-order chi connectivity index (χ0) is 21.3. The van der Waals surface area contributed by atoms with Crippen molar-refractivity contribution in [2.75, 3.05) is 0 Å². The molecule has 0 atom stereocenters. The standard InChI is InChI=1S/C13H9.C12H10Si.C5H5.2ClH.Zr/c1-3-7-12-10(5-1)9-11-6-2-4-8-13(11)12;1-3-7-11(8-4-1)13-12-9-5-2-6-10-12;1-2-4-5-3-1;;;/h1-9H;1-10H;1-5H;2*1H;/q;;;;;+2/p-2. The number of benzene rings is 4. The fourth-order valence-corrected chi connectivity index (χ4v) is 28.4. The zero-order valence-electron chi connectivity index (χ0n) is 18.6. The molecule has 0 N–H and O–H groups in total. The molecule has 2 aliphatic carbocycles. The SMILES string of the molecule is C1=C[CH]([Zr+2]([CH]2c3ccccc3-c3ccccc32)=[Si](c2ccccc2)c2ccccc2)C=C1.[Cl-].[Cl-]. The van der Waals surface area contributed by atoms with Crippen LogP contribution in [0.5, 0.6) is 0 Å². The molecule has 0 nitrogen and oxygen atoms in total. The van der Waals surface area contributed by atoms with Crippen molar-refractivity contribution in [1.29, 1.82) is 0 Å². The number of hydrogen-bond acceptors (Lipinski definition) is 0. The number of hydrogen-bond donors (Lipinski definition) is 0. The maximum Gasteiger partial charge on any atom is -1.00 e. The van der Waals surface area contributed by atoms with Crippen LogP contribution in [0.4, 0.5) is 0 Å². The van der Waals surface area contributed by atoms with E-state index in [0.29, 0.717) is 7.25 Å². The van der Waals surface area contributed by atoms with E-state index in [9.17, 15) is 0 Å². The van der Waals surface area contributed by atoms with E-state index in [-0.39, 0.29) is 24.8 Å². The average Bonchev–Trinajstić information content (AvgIpc) is 3.51. The Bertz CT molecular complexity index is 1280. The van der Waals surface area contributed by atoms with Gasteiger partial charge in [0.1, 0.15) is 0 Å². The molecular formula is C30H24Cl2SiZr. The van der Waals surface area contributed by atoms with Gasteiger partial charge in [-0.05, 0) is 0 Å². The van der Waals surface area contributed by atoms with E-state index in [1.54, 1.807) is 21.5 Å². The molecule has 0 unspecified atom stereocenters. The Kier molecular flexibility index (Phi) is 8.27. The first-order valence-electron chi connectivity index (χ1n) is 11.3. The van der Waals surface area contributed by atoms with Crippen LogP contribution < -0.4 is 35.2 Å². The maximum absolute atomic E-state index is 2.51. The van der Waals surface area contributed by atoms with E-state index in [1.165, 1.54) is 11.1 Å². The monoisotopic (exact) mass is 572 g/mol. The van der Waals surface area contributed by atoms with Crippen LogP contribution in [-0.2, 0) is 20.4 Å². The minimum atomic E-state index is -2.26. The molecule has 34 heavy (non-hydrogen) atoms. The third-order valence-electron chi connectivity index (χ3n) is 6.67. The van der Waals surface area contributed by atoms with Gasteiger partial charge >= 0.3 is 199 Å². The van der Waals surface area contributed by atoms with Crippen molar-refractivity contribution in [3.63, 3.8) is 0 Å². The summed E-state index contributed by atoms with van der Waals surface area (Å²) < 4.78 is 1.20. The van der Waals surface area contributed by atoms with Crippen molar-refractivity contribution in [2.24, 2.45) is 0 Å². The third kappa shape index (κ3) is 4.50. The minimum Gasteiger partial charge on any atom is -1.00 e. The van der Waals surface area contributed by atoms with Crippen LogP contribution in [-0.4, -0.2) is 5.43 Å². The van der Waals surface area contributed by atoms with Gasteiger partial charge in [0.2, 0.25) is 0 Å². The van der Waals surface area contributed by atoms with Crippen LogP contribution in [0.15, 0.2) is 133 Å². The van der Waals surface area contributed by atoms with Crippen molar-refractivity contribution in [2.45, 2.75) is 7.25 Å². The summed E-state index contributed by atoms with van der Waals surface area (Å²) in [4.78, 5) is 0. The van der Waals surface area contributed by atoms with E-state index in [4.69, 9.17) is 0 Å². The second kappa shape index (κ2) is 11.2. The van der Waals surface area contributed by atoms with Crippen LogP contribution in [0.3, 0.4) is 0 Å². The van der Waals surface area contributed by atoms with Gasteiger partial charge in [-0.1, -0.05) is 0 Å². The molecule has 0 bridgehead atoms. The summed E-state index contributed by atoms with van der Waals surface area (Å²) in [7, 11) is 0. The summed E-state index contributed by atoms with van der Waals surface area (Å²) in [5, 5.41) is 3.15. The first-order valence-corrected chi connectivity index (χ1v) is 19.3. The number of fused-ring (bicyclic) bond motifs is 3. The maximum atomic E-state index is 2.51. The van der Waals surface area contributed by atoms with E-state index >= 15 is 0 Å². The summed E-state index contributed by atoms with van der Waals surface area (Å²) in [5.41, 5.74) is 5.17. The predicted molar refractivity (Wildman–Crippen MR) is 134 cm³/mol. The van der Waals surface area contributed by atoms with Crippen molar-refractivity contribution < 1.29 is 45.2 Å². The zero-order valence-corrected chi connectivity index (χ0v) is 23.6. The normalized spacial score (nSPS) is 13.3. The first kappa shape index (κ1) is 25.1. The molecule has 0 heterocycles. The molecule has 4 aromatic carbocycles. The molecule has 0 aliphatic heterocycles. The van der Waals surface area contributed by atoms with E-state index in [2.05, 4.69) is 133 Å². The topological polar surface area (TPSA) is 0 Å². The van der Waals surface area contributed by atoms with E-state index < -0.39 is 25.8 Å². The number of halogens is 2. The second-order valence-electron chi connectivity index (χ2n) is 8.47. The Morgan fingerprint density at radius 1 is 0.500 bits per heavy atom. The molecule has 0 radical (unpaired) electrons. The largest absolute Gasteiger partial charge is 1.00 e. The summed E-state index contributed by atoms with van der Waals surface area (Å²) in [6.45, 7) is 0. The van der Waals surface area contributed by atoms with Gasteiger partial charge in [-0.2, -0.15) is 0 Å². The molecule has 166 valence electrons.